The Morgan fingerprint density at radius 1 is 1.18 bits per heavy atom. The molecule has 0 aliphatic heterocycles. The second kappa shape index (κ2) is 5.34. The Morgan fingerprint density at radius 2 is 2.00 bits per heavy atom. The minimum atomic E-state index is 0.347. The lowest BCUT2D eigenvalue weighted by Crippen LogP contribution is -1.90. The molecule has 0 bridgehead atoms. The van der Waals surface area contributed by atoms with Crippen molar-refractivity contribution in [2.45, 2.75) is 13.3 Å². The summed E-state index contributed by atoms with van der Waals surface area (Å²) in [6.45, 7) is 2.03. The van der Waals surface area contributed by atoms with Crippen LogP contribution in [0.2, 0.25) is 10.2 Å². The molecule has 0 fully saturated rings. The highest BCUT2D eigenvalue weighted by atomic mass is 35.5. The Hall–Kier alpha value is -1.32. The van der Waals surface area contributed by atoms with Gasteiger partial charge in [0.05, 0.1) is 0 Å². The smallest absolute Gasteiger partial charge is 0.223 e. The number of nitrogens with zero attached hydrogens (tertiary/aromatic N) is 2. The first kappa shape index (κ1) is 12.1. The summed E-state index contributed by atoms with van der Waals surface area (Å²) in [6.07, 6.45) is 2.20. The van der Waals surface area contributed by atoms with E-state index in [1.807, 2.05) is 13.0 Å². The molecular formula is C12H10Cl2N2O. The van der Waals surface area contributed by atoms with Gasteiger partial charge in [-0.2, -0.15) is 0 Å². The molecule has 1 heterocycles. The van der Waals surface area contributed by atoms with Crippen molar-refractivity contribution in [1.82, 2.24) is 9.97 Å². The zero-order valence-electron chi connectivity index (χ0n) is 9.15. The maximum absolute atomic E-state index is 6.02. The van der Waals surface area contributed by atoms with E-state index in [2.05, 4.69) is 9.97 Å². The summed E-state index contributed by atoms with van der Waals surface area (Å²) >= 11 is 11.8. The van der Waals surface area contributed by atoms with E-state index in [1.54, 1.807) is 18.2 Å². The Bertz CT molecular complexity index is 532. The number of aryl methyl sites for hydroxylation is 1. The quantitative estimate of drug-likeness (QED) is 0.785. The van der Waals surface area contributed by atoms with Gasteiger partial charge in [0.25, 0.3) is 0 Å². The van der Waals surface area contributed by atoms with E-state index >= 15 is 0 Å². The van der Waals surface area contributed by atoms with Gasteiger partial charge in [0.2, 0.25) is 5.88 Å². The van der Waals surface area contributed by atoms with Crippen LogP contribution in [0.3, 0.4) is 0 Å². The standard InChI is InChI=1S/C12H10Cl2N2O/c1-2-8-5-9(3-4-10(8)13)17-12-6-11(14)15-7-16-12/h3-7H,2H2,1H3. The number of hydrogen-bond acceptors (Lipinski definition) is 3. The Morgan fingerprint density at radius 3 is 2.71 bits per heavy atom. The summed E-state index contributed by atoms with van der Waals surface area (Å²) in [5, 5.41) is 1.08. The molecular weight excluding hydrogens is 259 g/mol. The van der Waals surface area contributed by atoms with E-state index in [0.717, 1.165) is 17.0 Å². The van der Waals surface area contributed by atoms with Crippen LogP contribution >= 0.6 is 23.2 Å². The van der Waals surface area contributed by atoms with E-state index in [1.165, 1.54) is 6.33 Å². The van der Waals surface area contributed by atoms with Crippen LogP contribution in [0.5, 0.6) is 11.6 Å². The number of aromatic nitrogens is 2. The summed E-state index contributed by atoms with van der Waals surface area (Å²) in [7, 11) is 0. The monoisotopic (exact) mass is 268 g/mol. The first-order chi connectivity index (χ1) is 8.19. The maximum atomic E-state index is 6.02. The van der Waals surface area contributed by atoms with Crippen molar-refractivity contribution in [2.24, 2.45) is 0 Å². The summed E-state index contributed by atoms with van der Waals surface area (Å²) in [5.41, 5.74) is 1.03. The minimum absolute atomic E-state index is 0.347. The highest BCUT2D eigenvalue weighted by Crippen LogP contribution is 2.26. The summed E-state index contributed by atoms with van der Waals surface area (Å²) in [6, 6.07) is 7.04. The van der Waals surface area contributed by atoms with Crippen molar-refractivity contribution in [3.05, 3.63) is 46.3 Å². The van der Waals surface area contributed by atoms with Gasteiger partial charge < -0.3 is 4.74 Å². The van der Waals surface area contributed by atoms with E-state index < -0.39 is 0 Å². The Labute approximate surface area is 109 Å². The van der Waals surface area contributed by atoms with Crippen molar-refractivity contribution in [2.75, 3.05) is 0 Å². The molecule has 3 nitrogen and oxygen atoms in total. The van der Waals surface area contributed by atoms with Gasteiger partial charge in [0.15, 0.2) is 0 Å². The van der Waals surface area contributed by atoms with Gasteiger partial charge in [-0.25, -0.2) is 9.97 Å². The predicted octanol–water partition coefficient (Wildman–Crippen LogP) is 4.14. The zero-order chi connectivity index (χ0) is 12.3. The minimum Gasteiger partial charge on any atom is -0.439 e. The molecule has 0 radical (unpaired) electrons. The Balaban J connectivity index is 2.24. The van der Waals surface area contributed by atoms with Crippen LogP contribution in [0, 0.1) is 0 Å². The molecule has 0 aliphatic carbocycles. The number of rotatable bonds is 3. The fourth-order valence-corrected chi connectivity index (χ4v) is 1.77. The van der Waals surface area contributed by atoms with E-state index in [-0.39, 0.29) is 0 Å². The fourth-order valence-electron chi connectivity index (χ4n) is 1.38. The average molecular weight is 269 g/mol. The highest BCUT2D eigenvalue weighted by Gasteiger charge is 2.03. The number of halogens is 2. The van der Waals surface area contributed by atoms with Gasteiger partial charge in [-0.05, 0) is 30.2 Å². The number of ether oxygens (including phenoxy) is 1. The van der Waals surface area contributed by atoms with Crippen molar-refractivity contribution in [3.8, 4) is 11.6 Å². The molecule has 88 valence electrons. The lowest BCUT2D eigenvalue weighted by Gasteiger charge is -2.07. The molecule has 0 unspecified atom stereocenters. The first-order valence-corrected chi connectivity index (χ1v) is 5.88. The topological polar surface area (TPSA) is 35.0 Å². The van der Waals surface area contributed by atoms with Crippen LogP contribution in [-0.2, 0) is 6.42 Å². The summed E-state index contributed by atoms with van der Waals surface area (Å²) in [5.74, 6) is 1.09. The molecule has 0 saturated heterocycles. The first-order valence-electron chi connectivity index (χ1n) is 5.13. The van der Waals surface area contributed by atoms with Crippen LogP contribution < -0.4 is 4.74 Å². The van der Waals surface area contributed by atoms with Gasteiger partial charge in [-0.15, -0.1) is 0 Å². The largest absolute Gasteiger partial charge is 0.439 e. The highest BCUT2D eigenvalue weighted by molar-refractivity contribution is 6.31. The molecule has 0 atom stereocenters. The molecule has 17 heavy (non-hydrogen) atoms. The van der Waals surface area contributed by atoms with Crippen LogP contribution in [-0.4, -0.2) is 9.97 Å². The van der Waals surface area contributed by atoms with Crippen LogP contribution in [0.1, 0.15) is 12.5 Å². The fraction of sp³-hybridized carbons (Fsp3) is 0.167. The van der Waals surface area contributed by atoms with Crippen LogP contribution in [0.25, 0.3) is 0 Å². The van der Waals surface area contributed by atoms with Crippen molar-refractivity contribution < 1.29 is 4.74 Å². The summed E-state index contributed by atoms with van der Waals surface area (Å²) < 4.78 is 5.56. The van der Waals surface area contributed by atoms with Gasteiger partial charge in [0, 0.05) is 11.1 Å². The molecule has 0 saturated carbocycles. The normalized spacial score (nSPS) is 10.3. The molecule has 0 amide bonds. The third-order valence-corrected chi connectivity index (χ3v) is 2.80. The second-order valence-electron chi connectivity index (χ2n) is 3.39. The van der Waals surface area contributed by atoms with Crippen LogP contribution in [0.15, 0.2) is 30.6 Å². The maximum Gasteiger partial charge on any atom is 0.223 e. The molecule has 2 aromatic rings. The molecule has 5 heteroatoms. The van der Waals surface area contributed by atoms with Crippen LogP contribution in [0.4, 0.5) is 0 Å². The Kier molecular flexibility index (Phi) is 3.82. The van der Waals surface area contributed by atoms with Gasteiger partial charge in [0.1, 0.15) is 17.2 Å². The molecule has 0 spiro atoms. The lowest BCUT2D eigenvalue weighted by molar-refractivity contribution is 0.461. The summed E-state index contributed by atoms with van der Waals surface area (Å²) in [4.78, 5) is 7.74. The number of hydrogen-bond donors (Lipinski definition) is 0. The average Bonchev–Trinajstić information content (AvgIpc) is 2.32. The third kappa shape index (κ3) is 3.08. The van der Waals surface area contributed by atoms with Gasteiger partial charge in [-0.1, -0.05) is 30.1 Å². The molecule has 1 aromatic carbocycles. The lowest BCUT2D eigenvalue weighted by atomic mass is 10.1. The van der Waals surface area contributed by atoms with Crippen molar-refractivity contribution in [3.63, 3.8) is 0 Å². The SMILES string of the molecule is CCc1cc(Oc2cc(Cl)ncn2)ccc1Cl. The van der Waals surface area contributed by atoms with E-state index in [4.69, 9.17) is 27.9 Å². The molecule has 1 aromatic heterocycles. The zero-order valence-corrected chi connectivity index (χ0v) is 10.7. The van der Waals surface area contributed by atoms with Gasteiger partial charge in [-0.3, -0.25) is 0 Å². The van der Waals surface area contributed by atoms with E-state index in [9.17, 15) is 0 Å². The predicted molar refractivity (Wildman–Crippen MR) is 67.9 cm³/mol. The molecule has 2 rings (SSSR count). The van der Waals surface area contributed by atoms with E-state index in [0.29, 0.717) is 16.8 Å². The molecule has 0 N–H and O–H groups in total. The van der Waals surface area contributed by atoms with Crippen molar-refractivity contribution in [1.29, 1.82) is 0 Å². The van der Waals surface area contributed by atoms with Gasteiger partial charge >= 0.3 is 0 Å². The third-order valence-electron chi connectivity index (χ3n) is 2.23. The van der Waals surface area contributed by atoms with Crippen molar-refractivity contribution >= 4 is 23.2 Å². The second-order valence-corrected chi connectivity index (χ2v) is 4.18. The number of benzene rings is 1. The molecule has 0 aliphatic rings.